The number of hydrogen-bond acceptors (Lipinski definition) is 6. The third-order valence-corrected chi connectivity index (χ3v) is 4.73. The van der Waals surface area contributed by atoms with Crippen molar-refractivity contribution >= 4 is 28.4 Å². The summed E-state index contributed by atoms with van der Waals surface area (Å²) in [5.41, 5.74) is 0.684. The van der Waals surface area contributed by atoms with E-state index in [4.69, 9.17) is 0 Å². The summed E-state index contributed by atoms with van der Waals surface area (Å²) in [6.45, 7) is 2.10. The SMILES string of the molecule is Cc1ccc([N+](=O)[O-])cc1NC(=O)CCCn1cnc2c1c(=O)n(C)c(=O)n2C. The topological polar surface area (TPSA) is 134 Å². The second-order valence-corrected chi connectivity index (χ2v) is 6.72. The Bertz CT molecular complexity index is 1240. The van der Waals surface area contributed by atoms with Crippen molar-refractivity contribution in [3.63, 3.8) is 0 Å². The Kier molecular flexibility index (Phi) is 5.31. The molecule has 1 amide bonds. The molecule has 1 aromatic carbocycles. The molecule has 0 atom stereocenters. The summed E-state index contributed by atoms with van der Waals surface area (Å²) >= 11 is 0. The van der Waals surface area contributed by atoms with Gasteiger partial charge in [0.1, 0.15) is 0 Å². The molecule has 2 aromatic heterocycles. The molecule has 0 spiro atoms. The Labute approximate surface area is 164 Å². The number of hydrogen-bond donors (Lipinski definition) is 1. The summed E-state index contributed by atoms with van der Waals surface area (Å²) < 4.78 is 3.92. The summed E-state index contributed by atoms with van der Waals surface area (Å²) in [5, 5.41) is 13.6. The van der Waals surface area contributed by atoms with Gasteiger partial charge in [0.25, 0.3) is 11.2 Å². The number of fused-ring (bicyclic) bond motifs is 1. The van der Waals surface area contributed by atoms with Crippen LogP contribution in [0.1, 0.15) is 18.4 Å². The first-order chi connectivity index (χ1) is 13.7. The second kappa shape index (κ2) is 7.70. The summed E-state index contributed by atoms with van der Waals surface area (Å²) in [4.78, 5) is 51.1. The summed E-state index contributed by atoms with van der Waals surface area (Å²) in [6.07, 6.45) is 2.03. The lowest BCUT2D eigenvalue weighted by atomic mass is 10.1. The van der Waals surface area contributed by atoms with E-state index in [-0.39, 0.29) is 23.7 Å². The van der Waals surface area contributed by atoms with Gasteiger partial charge in [-0.05, 0) is 18.9 Å². The minimum atomic E-state index is -0.521. The highest BCUT2D eigenvalue weighted by molar-refractivity contribution is 5.91. The van der Waals surface area contributed by atoms with Gasteiger partial charge in [-0.1, -0.05) is 6.07 Å². The number of rotatable bonds is 6. The number of anilines is 1. The van der Waals surface area contributed by atoms with Crippen LogP contribution >= 0.6 is 0 Å². The average Bonchev–Trinajstić information content (AvgIpc) is 3.10. The zero-order chi connectivity index (χ0) is 21.3. The lowest BCUT2D eigenvalue weighted by Gasteiger charge is -2.09. The predicted octanol–water partition coefficient (Wildman–Crippen LogP) is 1.07. The second-order valence-electron chi connectivity index (χ2n) is 6.72. The van der Waals surface area contributed by atoms with E-state index in [1.807, 2.05) is 0 Å². The van der Waals surface area contributed by atoms with E-state index in [0.717, 1.165) is 4.57 Å². The molecular weight excluding hydrogens is 380 g/mol. The molecule has 0 aliphatic carbocycles. The third-order valence-electron chi connectivity index (χ3n) is 4.73. The van der Waals surface area contributed by atoms with Crippen molar-refractivity contribution in [2.24, 2.45) is 14.1 Å². The number of carbonyl (C=O) groups is 1. The Morgan fingerprint density at radius 3 is 2.66 bits per heavy atom. The zero-order valence-corrected chi connectivity index (χ0v) is 16.2. The normalized spacial score (nSPS) is 11.0. The molecule has 0 aliphatic heterocycles. The van der Waals surface area contributed by atoms with Crippen LogP contribution in [0.15, 0.2) is 34.1 Å². The number of aromatic nitrogens is 4. The van der Waals surface area contributed by atoms with Crippen LogP contribution in [0.4, 0.5) is 11.4 Å². The van der Waals surface area contributed by atoms with Gasteiger partial charge in [-0.15, -0.1) is 0 Å². The molecule has 152 valence electrons. The highest BCUT2D eigenvalue weighted by atomic mass is 16.6. The van der Waals surface area contributed by atoms with Gasteiger partial charge in [0, 0.05) is 39.2 Å². The van der Waals surface area contributed by atoms with E-state index in [0.29, 0.717) is 29.7 Å². The molecule has 0 aliphatic rings. The van der Waals surface area contributed by atoms with Gasteiger partial charge < -0.3 is 9.88 Å². The van der Waals surface area contributed by atoms with Crippen LogP contribution < -0.4 is 16.6 Å². The van der Waals surface area contributed by atoms with Gasteiger partial charge in [0.05, 0.1) is 16.9 Å². The molecule has 0 bridgehead atoms. The van der Waals surface area contributed by atoms with E-state index in [9.17, 15) is 24.5 Å². The first kappa shape index (κ1) is 20.0. The standard InChI is InChI=1S/C18H20N6O5/c1-11-6-7-12(24(28)29)9-13(11)20-14(25)5-4-8-23-10-19-16-15(23)17(26)22(3)18(27)21(16)2/h6-7,9-10H,4-5,8H2,1-3H3,(H,20,25). The molecule has 2 heterocycles. The van der Waals surface area contributed by atoms with E-state index >= 15 is 0 Å². The van der Waals surface area contributed by atoms with Crippen molar-refractivity contribution in [2.75, 3.05) is 5.32 Å². The monoisotopic (exact) mass is 400 g/mol. The van der Waals surface area contributed by atoms with Crippen molar-refractivity contribution in [2.45, 2.75) is 26.3 Å². The van der Waals surface area contributed by atoms with Crippen molar-refractivity contribution in [1.82, 2.24) is 18.7 Å². The van der Waals surface area contributed by atoms with Crippen molar-refractivity contribution in [3.05, 3.63) is 61.0 Å². The number of nitro benzene ring substituents is 1. The molecule has 0 fully saturated rings. The number of nitro groups is 1. The number of non-ortho nitro benzene ring substituents is 1. The summed E-state index contributed by atoms with van der Waals surface area (Å²) in [6, 6.07) is 4.27. The maximum Gasteiger partial charge on any atom is 0.332 e. The number of aryl methyl sites for hydroxylation is 3. The molecule has 3 rings (SSSR count). The Balaban J connectivity index is 1.70. The lowest BCUT2D eigenvalue weighted by molar-refractivity contribution is -0.384. The Hall–Kier alpha value is -3.76. The van der Waals surface area contributed by atoms with Crippen LogP contribution in [-0.2, 0) is 25.4 Å². The van der Waals surface area contributed by atoms with Gasteiger partial charge in [0.15, 0.2) is 11.2 Å². The van der Waals surface area contributed by atoms with Crippen LogP contribution in [-0.4, -0.2) is 29.5 Å². The largest absolute Gasteiger partial charge is 0.332 e. The molecule has 3 aromatic rings. The first-order valence-electron chi connectivity index (χ1n) is 8.86. The molecule has 0 unspecified atom stereocenters. The van der Waals surface area contributed by atoms with Gasteiger partial charge in [0.2, 0.25) is 5.91 Å². The maximum atomic E-state index is 12.4. The Morgan fingerprint density at radius 2 is 1.97 bits per heavy atom. The molecule has 29 heavy (non-hydrogen) atoms. The van der Waals surface area contributed by atoms with Crippen LogP contribution in [0.2, 0.25) is 0 Å². The molecule has 11 heteroatoms. The van der Waals surface area contributed by atoms with Crippen LogP contribution in [0.5, 0.6) is 0 Å². The zero-order valence-electron chi connectivity index (χ0n) is 16.2. The lowest BCUT2D eigenvalue weighted by Crippen LogP contribution is -2.37. The number of nitrogens with zero attached hydrogens (tertiary/aromatic N) is 5. The molecule has 1 N–H and O–H groups in total. The summed E-state index contributed by atoms with van der Waals surface area (Å²) in [7, 11) is 2.94. The Morgan fingerprint density at radius 1 is 1.24 bits per heavy atom. The van der Waals surface area contributed by atoms with E-state index in [2.05, 4.69) is 10.3 Å². The minimum absolute atomic E-state index is 0.0998. The van der Waals surface area contributed by atoms with Gasteiger partial charge in [-0.3, -0.25) is 28.8 Å². The smallest absolute Gasteiger partial charge is 0.326 e. The van der Waals surface area contributed by atoms with Gasteiger partial charge in [-0.25, -0.2) is 9.78 Å². The summed E-state index contributed by atoms with van der Waals surface area (Å²) in [5.74, 6) is -0.293. The first-order valence-corrected chi connectivity index (χ1v) is 8.86. The fraction of sp³-hybridized carbons (Fsp3) is 0.333. The third kappa shape index (κ3) is 3.79. The molecule has 0 radical (unpaired) electrons. The minimum Gasteiger partial charge on any atom is -0.326 e. The van der Waals surface area contributed by atoms with E-state index < -0.39 is 16.2 Å². The quantitative estimate of drug-likeness (QED) is 0.486. The molecule has 11 nitrogen and oxygen atoms in total. The van der Waals surface area contributed by atoms with Gasteiger partial charge in [-0.2, -0.15) is 0 Å². The maximum absolute atomic E-state index is 12.4. The molecule has 0 saturated heterocycles. The van der Waals surface area contributed by atoms with Crippen molar-refractivity contribution in [1.29, 1.82) is 0 Å². The fourth-order valence-electron chi connectivity index (χ4n) is 3.05. The number of imidazole rings is 1. The van der Waals surface area contributed by atoms with Crippen LogP contribution in [0.3, 0.4) is 0 Å². The van der Waals surface area contributed by atoms with Crippen molar-refractivity contribution < 1.29 is 9.72 Å². The van der Waals surface area contributed by atoms with Crippen LogP contribution in [0.25, 0.3) is 11.2 Å². The van der Waals surface area contributed by atoms with E-state index in [1.165, 1.54) is 37.1 Å². The number of nitrogens with one attached hydrogen (secondary N) is 1. The fourth-order valence-corrected chi connectivity index (χ4v) is 3.05. The highest BCUT2D eigenvalue weighted by Gasteiger charge is 2.15. The van der Waals surface area contributed by atoms with E-state index in [1.54, 1.807) is 17.6 Å². The highest BCUT2D eigenvalue weighted by Crippen LogP contribution is 2.22. The molecule has 0 saturated carbocycles. The average molecular weight is 400 g/mol. The number of benzene rings is 1. The molecular formula is C18H20N6O5. The predicted molar refractivity (Wildman–Crippen MR) is 106 cm³/mol. The van der Waals surface area contributed by atoms with Crippen molar-refractivity contribution in [3.8, 4) is 0 Å². The van der Waals surface area contributed by atoms with Crippen LogP contribution in [0, 0.1) is 17.0 Å². The number of amides is 1. The number of carbonyl (C=O) groups excluding carboxylic acids is 1. The van der Waals surface area contributed by atoms with Gasteiger partial charge >= 0.3 is 5.69 Å².